The first kappa shape index (κ1) is 22.5. The van der Waals surface area contributed by atoms with Gasteiger partial charge in [-0.15, -0.1) is 0 Å². The highest BCUT2D eigenvalue weighted by Crippen LogP contribution is 2.13. The smallest absolute Gasteiger partial charge is 0.427 e. The lowest BCUT2D eigenvalue weighted by molar-refractivity contribution is -0.133. The van der Waals surface area contributed by atoms with Crippen LogP contribution in [0.25, 0.3) is 0 Å². The van der Waals surface area contributed by atoms with Gasteiger partial charge in [-0.2, -0.15) is 5.10 Å². The molecule has 1 N–H and O–H groups in total. The van der Waals surface area contributed by atoms with Crippen LogP contribution in [0.2, 0.25) is 0 Å². The third-order valence-electron chi connectivity index (χ3n) is 4.51. The van der Waals surface area contributed by atoms with Crippen molar-refractivity contribution < 1.29 is 24.2 Å². The summed E-state index contributed by atoms with van der Waals surface area (Å²) < 4.78 is 4.93. The number of carbonyl (C=O) groups is 3. The first-order chi connectivity index (χ1) is 13.8. The largest absolute Gasteiger partial charge is 0.448 e. The molecule has 1 aliphatic rings. The number of carbonyl (C=O) groups excluding carboxylic acids is 3. The zero-order valence-corrected chi connectivity index (χ0v) is 16.9. The number of nitrogens with one attached hydrogen (secondary N) is 1. The molecule has 0 aromatic heterocycles. The summed E-state index contributed by atoms with van der Waals surface area (Å²) >= 11 is 0. The molecule has 157 valence electrons. The highest BCUT2D eigenvalue weighted by Gasteiger charge is 2.22. The maximum absolute atomic E-state index is 12.3. The fraction of sp³-hybridized carbons (Fsp3) is 0.524. The first-order valence-electron chi connectivity index (χ1n) is 9.88. The summed E-state index contributed by atoms with van der Waals surface area (Å²) in [5, 5.41) is 15.1. The monoisotopic (exact) mass is 402 g/mol. The van der Waals surface area contributed by atoms with E-state index < -0.39 is 12.2 Å². The van der Waals surface area contributed by atoms with Crippen LogP contribution in [-0.2, 0) is 14.6 Å². The summed E-state index contributed by atoms with van der Waals surface area (Å²) in [6.07, 6.45) is 1.49. The zero-order chi connectivity index (χ0) is 21.2. The Labute approximate surface area is 170 Å². The number of ketones is 1. The molecule has 2 amide bonds. The maximum Gasteiger partial charge on any atom is 0.427 e. The van der Waals surface area contributed by atoms with Crippen LogP contribution in [-0.4, -0.2) is 54.7 Å². The Morgan fingerprint density at radius 3 is 2.45 bits per heavy atom. The second-order valence-electron chi connectivity index (χ2n) is 7.49. The standard InChI is InChI=1S/C21H28N3O5/c1-15(2)14-29-21(28)23-22-13-16-3-5-17(6-4-16)19(26)7-8-20(27)24-11-9-18(25)10-12-24/h3-6,13,15,18H,7-12,14H2,1-2H3,(H,23,28). The number of hydrazone groups is 1. The van der Waals surface area contributed by atoms with Crippen LogP contribution in [0, 0.1) is 5.92 Å². The van der Waals surface area contributed by atoms with Crippen LogP contribution in [0.4, 0.5) is 4.79 Å². The molecule has 1 heterocycles. The molecule has 29 heavy (non-hydrogen) atoms. The number of nitrogens with zero attached hydrogens (tertiary/aromatic N) is 2. The van der Waals surface area contributed by atoms with Gasteiger partial charge in [0, 0.05) is 31.5 Å². The number of ether oxygens (including phenoxy) is 1. The van der Waals surface area contributed by atoms with Crippen molar-refractivity contribution in [3.05, 3.63) is 35.4 Å². The SMILES string of the molecule is CC(C)COC(=O)NN=Cc1ccc(C(=O)CCC(=O)N2CCC([O])CC2)cc1. The van der Waals surface area contributed by atoms with Crippen molar-refractivity contribution in [2.75, 3.05) is 19.7 Å². The van der Waals surface area contributed by atoms with Gasteiger partial charge in [0.25, 0.3) is 0 Å². The Bertz CT molecular complexity index is 722. The number of rotatable bonds is 8. The quantitative estimate of drug-likeness (QED) is 0.410. The average molecular weight is 402 g/mol. The van der Waals surface area contributed by atoms with Gasteiger partial charge >= 0.3 is 6.09 Å². The third kappa shape index (κ3) is 8.03. The lowest BCUT2D eigenvalue weighted by atomic mass is 10.0. The molecule has 1 radical (unpaired) electrons. The fourth-order valence-electron chi connectivity index (χ4n) is 2.82. The number of hydrogen-bond donors (Lipinski definition) is 1. The highest BCUT2D eigenvalue weighted by molar-refractivity contribution is 5.98. The van der Waals surface area contributed by atoms with E-state index >= 15 is 0 Å². The minimum absolute atomic E-state index is 0.0792. The van der Waals surface area contributed by atoms with E-state index in [-0.39, 0.29) is 30.4 Å². The number of piperidine rings is 1. The van der Waals surface area contributed by atoms with Gasteiger partial charge in [-0.3, -0.25) is 9.59 Å². The average Bonchev–Trinajstić information content (AvgIpc) is 2.71. The van der Waals surface area contributed by atoms with E-state index in [1.807, 2.05) is 13.8 Å². The number of amides is 2. The molecule has 1 aromatic rings. The van der Waals surface area contributed by atoms with E-state index in [0.717, 1.165) is 0 Å². The summed E-state index contributed by atoms with van der Waals surface area (Å²) in [5.74, 6) is 0.0514. The van der Waals surface area contributed by atoms with Gasteiger partial charge in [-0.05, 0) is 24.3 Å². The predicted molar refractivity (Wildman–Crippen MR) is 107 cm³/mol. The van der Waals surface area contributed by atoms with Crippen molar-refractivity contribution in [3.8, 4) is 0 Å². The van der Waals surface area contributed by atoms with Crippen LogP contribution in [0.15, 0.2) is 29.4 Å². The molecule has 8 nitrogen and oxygen atoms in total. The van der Waals surface area contributed by atoms with Crippen molar-refractivity contribution >= 4 is 24.0 Å². The van der Waals surface area contributed by atoms with Crippen molar-refractivity contribution in [2.24, 2.45) is 11.0 Å². The zero-order valence-electron chi connectivity index (χ0n) is 16.9. The van der Waals surface area contributed by atoms with Gasteiger partial charge in [0.1, 0.15) is 0 Å². The maximum atomic E-state index is 12.3. The van der Waals surface area contributed by atoms with Crippen molar-refractivity contribution in [2.45, 2.75) is 45.6 Å². The normalized spacial score (nSPS) is 15.0. The van der Waals surface area contributed by atoms with Crippen molar-refractivity contribution in [1.29, 1.82) is 0 Å². The summed E-state index contributed by atoms with van der Waals surface area (Å²) in [5.41, 5.74) is 3.49. The van der Waals surface area contributed by atoms with E-state index in [4.69, 9.17) is 4.74 Å². The minimum atomic E-state index is -0.620. The van der Waals surface area contributed by atoms with Crippen LogP contribution in [0.1, 0.15) is 55.5 Å². The molecule has 0 aliphatic carbocycles. The summed E-state index contributed by atoms with van der Waals surface area (Å²) in [6.45, 7) is 5.15. The van der Waals surface area contributed by atoms with Crippen LogP contribution in [0.3, 0.4) is 0 Å². The topological polar surface area (TPSA) is 108 Å². The Hall–Kier alpha value is -2.74. The second kappa shape index (κ2) is 11.3. The second-order valence-corrected chi connectivity index (χ2v) is 7.49. The van der Waals surface area contributed by atoms with E-state index in [2.05, 4.69) is 10.5 Å². The van der Waals surface area contributed by atoms with E-state index in [0.29, 0.717) is 43.7 Å². The summed E-state index contributed by atoms with van der Waals surface area (Å²) in [7, 11) is 0. The van der Waals surface area contributed by atoms with Gasteiger partial charge in [0.05, 0.1) is 18.9 Å². The Morgan fingerprint density at radius 2 is 1.83 bits per heavy atom. The van der Waals surface area contributed by atoms with Gasteiger partial charge < -0.3 is 9.64 Å². The first-order valence-corrected chi connectivity index (χ1v) is 9.88. The Morgan fingerprint density at radius 1 is 1.17 bits per heavy atom. The van der Waals surface area contributed by atoms with E-state index in [9.17, 15) is 19.5 Å². The third-order valence-corrected chi connectivity index (χ3v) is 4.51. The molecule has 1 aliphatic heterocycles. The molecule has 1 aromatic carbocycles. The molecule has 0 saturated carbocycles. The molecule has 0 bridgehead atoms. The molecule has 8 heteroatoms. The van der Waals surface area contributed by atoms with Gasteiger partial charge in [0.15, 0.2) is 5.78 Å². The lowest BCUT2D eigenvalue weighted by Crippen LogP contribution is -2.39. The molecule has 1 fully saturated rings. The van der Waals surface area contributed by atoms with Crippen LogP contribution >= 0.6 is 0 Å². The molecular formula is C21H28N3O5. The minimum Gasteiger partial charge on any atom is -0.448 e. The Kier molecular flexibility index (Phi) is 8.79. The molecular weight excluding hydrogens is 374 g/mol. The number of benzene rings is 1. The van der Waals surface area contributed by atoms with E-state index in [1.54, 1.807) is 29.2 Å². The van der Waals surface area contributed by atoms with Crippen molar-refractivity contribution in [3.63, 3.8) is 0 Å². The number of likely N-dealkylation sites (tertiary alicyclic amines) is 1. The lowest BCUT2D eigenvalue weighted by Gasteiger charge is -2.28. The van der Waals surface area contributed by atoms with Crippen LogP contribution in [0.5, 0.6) is 0 Å². The van der Waals surface area contributed by atoms with Gasteiger partial charge in [-0.1, -0.05) is 38.1 Å². The number of hydrogen-bond acceptors (Lipinski definition) is 5. The highest BCUT2D eigenvalue weighted by atomic mass is 16.6. The van der Waals surface area contributed by atoms with Gasteiger partial charge in [-0.25, -0.2) is 15.3 Å². The van der Waals surface area contributed by atoms with Crippen LogP contribution < -0.4 is 5.43 Å². The van der Waals surface area contributed by atoms with E-state index in [1.165, 1.54) is 6.21 Å². The van der Waals surface area contributed by atoms with Gasteiger partial charge in [0.2, 0.25) is 5.91 Å². The molecule has 0 atom stereocenters. The molecule has 0 spiro atoms. The summed E-state index contributed by atoms with van der Waals surface area (Å²) in [4.78, 5) is 37.5. The Balaban J connectivity index is 1.75. The molecule has 2 rings (SSSR count). The molecule has 0 unspecified atom stereocenters. The number of Topliss-reactive ketones (excluding diaryl/α,β-unsaturated/α-hetero) is 1. The fourth-order valence-corrected chi connectivity index (χ4v) is 2.82. The predicted octanol–water partition coefficient (Wildman–Crippen LogP) is 2.79. The molecule has 1 saturated heterocycles. The van der Waals surface area contributed by atoms with Crippen molar-refractivity contribution in [1.82, 2.24) is 10.3 Å². The summed E-state index contributed by atoms with van der Waals surface area (Å²) in [6, 6.07) is 6.74.